The molecule has 0 atom stereocenters. The van der Waals surface area contributed by atoms with Crippen LogP contribution in [0.3, 0.4) is 0 Å². The second-order valence-electron chi connectivity index (χ2n) is 2.98. The third-order valence-corrected chi connectivity index (χ3v) is 2.17. The summed E-state index contributed by atoms with van der Waals surface area (Å²) in [4.78, 5) is 2.09. The number of halogens is 1. The highest BCUT2D eigenvalue weighted by Gasteiger charge is 1.98. The molecule has 0 aliphatic carbocycles. The SMILES string of the molecule is CN(CCCO)c1ccc(Cl)cc1. The van der Waals surface area contributed by atoms with Crippen LogP contribution < -0.4 is 4.90 Å². The fraction of sp³-hybridized carbons (Fsp3) is 0.400. The van der Waals surface area contributed by atoms with Gasteiger partial charge in [-0.2, -0.15) is 0 Å². The van der Waals surface area contributed by atoms with Crippen molar-refractivity contribution in [2.24, 2.45) is 0 Å². The summed E-state index contributed by atoms with van der Waals surface area (Å²) in [5, 5.41) is 9.41. The van der Waals surface area contributed by atoms with E-state index in [4.69, 9.17) is 16.7 Å². The van der Waals surface area contributed by atoms with Crippen molar-refractivity contribution in [2.45, 2.75) is 6.42 Å². The second-order valence-corrected chi connectivity index (χ2v) is 3.41. The van der Waals surface area contributed by atoms with Crippen LogP contribution in [-0.2, 0) is 0 Å². The van der Waals surface area contributed by atoms with Crippen LogP contribution in [0, 0.1) is 0 Å². The van der Waals surface area contributed by atoms with E-state index in [1.807, 2.05) is 31.3 Å². The van der Waals surface area contributed by atoms with Crippen molar-refractivity contribution in [2.75, 3.05) is 25.1 Å². The Morgan fingerprint density at radius 3 is 2.46 bits per heavy atom. The number of aliphatic hydroxyl groups excluding tert-OH is 1. The van der Waals surface area contributed by atoms with Crippen LogP contribution in [0.15, 0.2) is 24.3 Å². The van der Waals surface area contributed by atoms with E-state index in [1.54, 1.807) is 0 Å². The molecule has 0 heterocycles. The van der Waals surface area contributed by atoms with Gasteiger partial charge in [-0.25, -0.2) is 0 Å². The molecule has 0 saturated heterocycles. The van der Waals surface area contributed by atoms with Gasteiger partial charge in [0, 0.05) is 30.9 Å². The molecule has 1 N–H and O–H groups in total. The Kier molecular flexibility index (Phi) is 4.06. The van der Waals surface area contributed by atoms with Crippen molar-refractivity contribution in [1.82, 2.24) is 0 Å². The normalized spacial score (nSPS) is 10.1. The molecule has 0 amide bonds. The van der Waals surface area contributed by atoms with E-state index in [9.17, 15) is 0 Å². The predicted molar refractivity (Wildman–Crippen MR) is 56.4 cm³/mol. The van der Waals surface area contributed by atoms with Crippen molar-refractivity contribution >= 4 is 17.3 Å². The van der Waals surface area contributed by atoms with Crippen molar-refractivity contribution < 1.29 is 5.11 Å². The first kappa shape index (κ1) is 10.4. The van der Waals surface area contributed by atoms with E-state index >= 15 is 0 Å². The standard InChI is InChI=1S/C10H14ClNO/c1-12(7-2-8-13)10-5-3-9(11)4-6-10/h3-6,13H,2,7-8H2,1H3. The van der Waals surface area contributed by atoms with Gasteiger partial charge >= 0.3 is 0 Å². The summed E-state index contributed by atoms with van der Waals surface area (Å²) in [7, 11) is 2.00. The lowest BCUT2D eigenvalue weighted by atomic mass is 10.3. The fourth-order valence-electron chi connectivity index (χ4n) is 1.13. The zero-order chi connectivity index (χ0) is 9.68. The molecule has 0 aliphatic heterocycles. The highest BCUT2D eigenvalue weighted by atomic mass is 35.5. The van der Waals surface area contributed by atoms with Crippen LogP contribution in [-0.4, -0.2) is 25.3 Å². The van der Waals surface area contributed by atoms with Crippen LogP contribution >= 0.6 is 11.6 Å². The monoisotopic (exact) mass is 199 g/mol. The van der Waals surface area contributed by atoms with Gasteiger partial charge in [0.25, 0.3) is 0 Å². The Hall–Kier alpha value is -0.730. The van der Waals surface area contributed by atoms with Gasteiger partial charge < -0.3 is 10.0 Å². The third kappa shape index (κ3) is 3.25. The Balaban J connectivity index is 2.55. The molecule has 1 aromatic carbocycles. The maximum absolute atomic E-state index is 8.66. The van der Waals surface area contributed by atoms with Crippen LogP contribution in [0.4, 0.5) is 5.69 Å². The smallest absolute Gasteiger partial charge is 0.0447 e. The lowest BCUT2D eigenvalue weighted by Crippen LogP contribution is -2.19. The largest absolute Gasteiger partial charge is 0.396 e. The molecular weight excluding hydrogens is 186 g/mol. The number of rotatable bonds is 4. The highest BCUT2D eigenvalue weighted by Crippen LogP contribution is 2.16. The van der Waals surface area contributed by atoms with Crippen molar-refractivity contribution in [3.8, 4) is 0 Å². The maximum Gasteiger partial charge on any atom is 0.0447 e. The molecule has 0 aliphatic rings. The molecule has 0 saturated carbocycles. The highest BCUT2D eigenvalue weighted by molar-refractivity contribution is 6.30. The van der Waals surface area contributed by atoms with Gasteiger partial charge in [-0.05, 0) is 30.7 Å². The van der Waals surface area contributed by atoms with Crippen LogP contribution in [0.5, 0.6) is 0 Å². The van der Waals surface area contributed by atoms with Crippen molar-refractivity contribution in [3.05, 3.63) is 29.3 Å². The first-order valence-electron chi connectivity index (χ1n) is 4.31. The number of hydrogen-bond donors (Lipinski definition) is 1. The first-order valence-corrected chi connectivity index (χ1v) is 4.69. The molecule has 13 heavy (non-hydrogen) atoms. The van der Waals surface area contributed by atoms with E-state index in [0.717, 1.165) is 23.7 Å². The number of benzene rings is 1. The molecule has 0 fully saturated rings. The van der Waals surface area contributed by atoms with Crippen molar-refractivity contribution in [3.63, 3.8) is 0 Å². The van der Waals surface area contributed by atoms with Crippen LogP contribution in [0.25, 0.3) is 0 Å². The summed E-state index contributed by atoms with van der Waals surface area (Å²) in [6.45, 7) is 1.09. The molecule has 0 unspecified atom stereocenters. The maximum atomic E-state index is 8.66. The average molecular weight is 200 g/mol. The quantitative estimate of drug-likeness (QED) is 0.804. The van der Waals surface area contributed by atoms with Crippen LogP contribution in [0.1, 0.15) is 6.42 Å². The van der Waals surface area contributed by atoms with Crippen LogP contribution in [0.2, 0.25) is 5.02 Å². The predicted octanol–water partition coefficient (Wildman–Crippen LogP) is 2.16. The number of nitrogens with zero attached hydrogens (tertiary/aromatic N) is 1. The summed E-state index contributed by atoms with van der Waals surface area (Å²) >= 11 is 5.76. The first-order chi connectivity index (χ1) is 6.24. The summed E-state index contributed by atoms with van der Waals surface area (Å²) in [6.07, 6.45) is 0.791. The van der Waals surface area contributed by atoms with E-state index in [2.05, 4.69) is 4.90 Å². The fourth-order valence-corrected chi connectivity index (χ4v) is 1.26. The summed E-state index contributed by atoms with van der Waals surface area (Å²) in [6, 6.07) is 7.68. The Morgan fingerprint density at radius 1 is 1.31 bits per heavy atom. The minimum atomic E-state index is 0.234. The molecular formula is C10H14ClNO. The third-order valence-electron chi connectivity index (χ3n) is 1.92. The van der Waals surface area contributed by atoms with Gasteiger partial charge in [-0.3, -0.25) is 0 Å². The Bertz CT molecular complexity index is 248. The van der Waals surface area contributed by atoms with E-state index in [0.29, 0.717) is 0 Å². The zero-order valence-corrected chi connectivity index (χ0v) is 8.46. The molecule has 1 aromatic rings. The molecule has 0 aromatic heterocycles. The Labute approximate surface area is 83.7 Å². The molecule has 1 rings (SSSR count). The molecule has 3 heteroatoms. The molecule has 0 radical (unpaired) electrons. The molecule has 0 bridgehead atoms. The summed E-state index contributed by atoms with van der Waals surface area (Å²) in [5.74, 6) is 0. The topological polar surface area (TPSA) is 23.5 Å². The number of aliphatic hydroxyl groups is 1. The van der Waals surface area contributed by atoms with Gasteiger partial charge in [-0.1, -0.05) is 11.6 Å². The van der Waals surface area contributed by atoms with Gasteiger partial charge in [0.1, 0.15) is 0 Å². The average Bonchev–Trinajstić information content (AvgIpc) is 2.15. The number of anilines is 1. The molecule has 72 valence electrons. The van der Waals surface area contributed by atoms with E-state index in [1.165, 1.54) is 0 Å². The minimum absolute atomic E-state index is 0.234. The lowest BCUT2D eigenvalue weighted by Gasteiger charge is -2.18. The lowest BCUT2D eigenvalue weighted by molar-refractivity contribution is 0.290. The second kappa shape index (κ2) is 5.10. The van der Waals surface area contributed by atoms with Gasteiger partial charge in [0.05, 0.1) is 0 Å². The van der Waals surface area contributed by atoms with E-state index < -0.39 is 0 Å². The van der Waals surface area contributed by atoms with Crippen molar-refractivity contribution in [1.29, 1.82) is 0 Å². The van der Waals surface area contributed by atoms with Gasteiger partial charge in [0.2, 0.25) is 0 Å². The zero-order valence-electron chi connectivity index (χ0n) is 7.70. The summed E-state index contributed by atoms with van der Waals surface area (Å²) in [5.41, 5.74) is 1.12. The number of hydrogen-bond acceptors (Lipinski definition) is 2. The summed E-state index contributed by atoms with van der Waals surface area (Å²) < 4.78 is 0. The van der Waals surface area contributed by atoms with Gasteiger partial charge in [-0.15, -0.1) is 0 Å². The molecule has 0 spiro atoms. The Morgan fingerprint density at radius 2 is 1.92 bits per heavy atom. The molecule has 2 nitrogen and oxygen atoms in total. The minimum Gasteiger partial charge on any atom is -0.396 e. The van der Waals surface area contributed by atoms with Gasteiger partial charge in [0.15, 0.2) is 0 Å². The van der Waals surface area contributed by atoms with E-state index in [-0.39, 0.29) is 6.61 Å².